The van der Waals surface area contributed by atoms with E-state index in [9.17, 15) is 4.79 Å². The van der Waals surface area contributed by atoms with E-state index in [4.69, 9.17) is 28.4 Å². The van der Waals surface area contributed by atoms with Gasteiger partial charge in [0.1, 0.15) is 18.1 Å². The summed E-state index contributed by atoms with van der Waals surface area (Å²) in [6.45, 7) is 18.2. The summed E-state index contributed by atoms with van der Waals surface area (Å²) in [5, 5.41) is 0. The van der Waals surface area contributed by atoms with Crippen molar-refractivity contribution in [1.29, 1.82) is 0 Å². The molecule has 0 aliphatic rings. The summed E-state index contributed by atoms with van der Waals surface area (Å²) in [5.41, 5.74) is -0.849. The van der Waals surface area contributed by atoms with Crippen molar-refractivity contribution in [3.8, 4) is 11.5 Å². The zero-order valence-corrected chi connectivity index (χ0v) is 22.9. The fourth-order valence-corrected chi connectivity index (χ4v) is 2.76. The second-order valence-corrected chi connectivity index (χ2v) is 10.9. The van der Waals surface area contributed by atoms with Crippen molar-refractivity contribution in [3.05, 3.63) is 23.8 Å². The van der Waals surface area contributed by atoms with Gasteiger partial charge in [-0.3, -0.25) is 0 Å². The highest BCUT2D eigenvalue weighted by atomic mass is 16.6. The Bertz CT molecular complexity index is 753. The van der Waals surface area contributed by atoms with E-state index in [2.05, 4.69) is 13.8 Å². The molecule has 0 aliphatic carbocycles. The number of esters is 1. The molecule has 7 nitrogen and oxygen atoms in total. The molecule has 0 amide bonds. The van der Waals surface area contributed by atoms with Gasteiger partial charge in [-0.2, -0.15) is 0 Å². The maximum absolute atomic E-state index is 12.2. The maximum atomic E-state index is 12.2. The molecule has 34 heavy (non-hydrogen) atoms. The average molecular weight is 483 g/mol. The molecule has 1 aromatic carbocycles. The zero-order valence-electron chi connectivity index (χ0n) is 22.9. The molecule has 0 fully saturated rings. The lowest BCUT2D eigenvalue weighted by atomic mass is 10.0. The first kappa shape index (κ1) is 30.2. The van der Waals surface area contributed by atoms with E-state index in [-0.39, 0.29) is 5.60 Å². The summed E-state index contributed by atoms with van der Waals surface area (Å²) in [6, 6.07) is 5.09. The number of ether oxygens (including phenoxy) is 6. The van der Waals surface area contributed by atoms with Gasteiger partial charge in [0.25, 0.3) is 0 Å². The predicted octanol–water partition coefficient (Wildman–Crippen LogP) is 5.68. The van der Waals surface area contributed by atoms with E-state index in [1.54, 1.807) is 25.3 Å². The molecule has 1 rings (SSSR count). The topological polar surface area (TPSA) is 72.5 Å². The minimum absolute atomic E-state index is 0.339. The van der Waals surface area contributed by atoms with Gasteiger partial charge in [-0.1, -0.05) is 13.8 Å². The SMILES string of the molecule is COC(=O)c1cc(OCCC(C)(C)OCC(C)(C)OC)cc(OCC(C)(C)OCCC(C)C)c1. The van der Waals surface area contributed by atoms with Crippen molar-refractivity contribution >= 4 is 5.97 Å². The molecule has 0 spiro atoms. The van der Waals surface area contributed by atoms with E-state index < -0.39 is 17.2 Å². The highest BCUT2D eigenvalue weighted by molar-refractivity contribution is 5.90. The monoisotopic (exact) mass is 482 g/mol. The molecular formula is C27H46O7. The van der Waals surface area contributed by atoms with Crippen molar-refractivity contribution in [1.82, 2.24) is 0 Å². The Balaban J connectivity index is 2.78. The third-order valence-electron chi connectivity index (χ3n) is 5.41. The Morgan fingerprint density at radius 3 is 1.97 bits per heavy atom. The van der Waals surface area contributed by atoms with Crippen molar-refractivity contribution in [2.45, 2.75) is 85.0 Å². The van der Waals surface area contributed by atoms with Crippen LogP contribution in [0.25, 0.3) is 0 Å². The third kappa shape index (κ3) is 12.0. The van der Waals surface area contributed by atoms with Gasteiger partial charge in [-0.15, -0.1) is 0 Å². The molecule has 0 aromatic heterocycles. The van der Waals surface area contributed by atoms with Gasteiger partial charge in [-0.25, -0.2) is 4.79 Å². The Morgan fingerprint density at radius 1 is 0.794 bits per heavy atom. The number of rotatable bonds is 16. The smallest absolute Gasteiger partial charge is 0.338 e. The molecule has 7 heteroatoms. The van der Waals surface area contributed by atoms with Crippen LogP contribution in [0.1, 0.15) is 78.6 Å². The first-order chi connectivity index (χ1) is 15.7. The van der Waals surface area contributed by atoms with E-state index in [0.29, 0.717) is 55.8 Å². The summed E-state index contributed by atoms with van der Waals surface area (Å²) in [4.78, 5) is 12.2. The van der Waals surface area contributed by atoms with Gasteiger partial charge >= 0.3 is 5.97 Å². The van der Waals surface area contributed by atoms with Gasteiger partial charge in [0.2, 0.25) is 0 Å². The summed E-state index contributed by atoms with van der Waals surface area (Å²) < 4.78 is 34.3. The Kier molecular flexibility index (Phi) is 11.8. The number of carbonyl (C=O) groups excluding carboxylic acids is 1. The first-order valence-corrected chi connectivity index (χ1v) is 12.0. The van der Waals surface area contributed by atoms with Crippen LogP contribution in [0.5, 0.6) is 11.5 Å². The minimum atomic E-state index is -0.464. The number of methoxy groups -OCH3 is 2. The zero-order chi connectivity index (χ0) is 26.0. The van der Waals surface area contributed by atoms with Crippen LogP contribution in [-0.2, 0) is 18.9 Å². The third-order valence-corrected chi connectivity index (χ3v) is 5.41. The summed E-state index contributed by atoms with van der Waals surface area (Å²) in [7, 11) is 3.02. The van der Waals surface area contributed by atoms with Crippen molar-refractivity contribution in [2.75, 3.05) is 40.6 Å². The molecular weight excluding hydrogens is 436 g/mol. The van der Waals surface area contributed by atoms with Crippen LogP contribution < -0.4 is 9.47 Å². The number of benzene rings is 1. The fourth-order valence-electron chi connectivity index (χ4n) is 2.76. The van der Waals surface area contributed by atoms with E-state index in [1.165, 1.54) is 7.11 Å². The number of hydrogen-bond donors (Lipinski definition) is 0. The number of carbonyl (C=O) groups is 1. The number of hydrogen-bond acceptors (Lipinski definition) is 7. The maximum Gasteiger partial charge on any atom is 0.338 e. The average Bonchev–Trinajstić information content (AvgIpc) is 2.75. The molecule has 1 aromatic rings. The summed E-state index contributed by atoms with van der Waals surface area (Å²) >= 11 is 0. The highest BCUT2D eigenvalue weighted by Crippen LogP contribution is 2.26. The normalized spacial score (nSPS) is 12.7. The minimum Gasteiger partial charge on any atom is -0.493 e. The largest absolute Gasteiger partial charge is 0.493 e. The van der Waals surface area contributed by atoms with Crippen LogP contribution in [0.2, 0.25) is 0 Å². The second kappa shape index (κ2) is 13.3. The van der Waals surface area contributed by atoms with E-state index in [1.807, 2.05) is 41.5 Å². The lowest BCUT2D eigenvalue weighted by molar-refractivity contribution is -0.111. The van der Waals surface area contributed by atoms with Gasteiger partial charge in [0.05, 0.1) is 42.7 Å². The van der Waals surface area contributed by atoms with Gasteiger partial charge in [-0.05, 0) is 66.0 Å². The fraction of sp³-hybridized carbons (Fsp3) is 0.741. The van der Waals surface area contributed by atoms with E-state index >= 15 is 0 Å². The van der Waals surface area contributed by atoms with Crippen molar-refractivity contribution in [3.63, 3.8) is 0 Å². The lowest BCUT2D eigenvalue weighted by Crippen LogP contribution is -2.36. The van der Waals surface area contributed by atoms with Crippen LogP contribution in [0.4, 0.5) is 0 Å². The van der Waals surface area contributed by atoms with E-state index in [0.717, 1.165) is 6.42 Å². The second-order valence-electron chi connectivity index (χ2n) is 10.9. The molecule has 0 atom stereocenters. The molecule has 196 valence electrons. The highest BCUT2D eigenvalue weighted by Gasteiger charge is 2.25. The van der Waals surface area contributed by atoms with Crippen LogP contribution in [-0.4, -0.2) is 63.4 Å². The lowest BCUT2D eigenvalue weighted by Gasteiger charge is -2.31. The first-order valence-electron chi connectivity index (χ1n) is 12.0. The van der Waals surface area contributed by atoms with Gasteiger partial charge in [0.15, 0.2) is 0 Å². The Labute approximate surface area is 206 Å². The quantitative estimate of drug-likeness (QED) is 0.281. The van der Waals surface area contributed by atoms with Gasteiger partial charge < -0.3 is 28.4 Å². The Morgan fingerprint density at radius 2 is 1.41 bits per heavy atom. The summed E-state index contributed by atoms with van der Waals surface area (Å²) in [6.07, 6.45) is 1.64. The molecule has 0 radical (unpaired) electrons. The molecule has 0 saturated carbocycles. The molecule has 0 bridgehead atoms. The standard InChI is InChI=1S/C27H46O7/c1-20(2)11-13-33-27(7,8)18-32-23-16-21(24(28)29-9)15-22(17-23)31-14-12-25(3,4)34-19-26(5,6)30-10/h15-17,20H,11-14,18-19H2,1-10H3. The predicted molar refractivity (Wildman–Crippen MR) is 134 cm³/mol. The molecule has 0 saturated heterocycles. The van der Waals surface area contributed by atoms with Crippen LogP contribution >= 0.6 is 0 Å². The molecule has 0 unspecified atom stereocenters. The molecule has 0 aliphatic heterocycles. The molecule has 0 heterocycles. The van der Waals surface area contributed by atoms with Crippen molar-refractivity contribution in [2.24, 2.45) is 5.92 Å². The Hall–Kier alpha value is -1.83. The van der Waals surface area contributed by atoms with Crippen LogP contribution in [0.15, 0.2) is 18.2 Å². The van der Waals surface area contributed by atoms with Crippen molar-refractivity contribution < 1.29 is 33.2 Å². The van der Waals surface area contributed by atoms with Crippen LogP contribution in [0.3, 0.4) is 0 Å². The summed E-state index contributed by atoms with van der Waals surface area (Å²) in [5.74, 6) is 1.18. The molecule has 0 N–H and O–H groups in total. The van der Waals surface area contributed by atoms with Crippen LogP contribution in [0, 0.1) is 5.92 Å². The van der Waals surface area contributed by atoms with Gasteiger partial charge in [0, 0.05) is 26.2 Å².